The molecular weight excluding hydrogens is 193 g/mol. The van der Waals surface area contributed by atoms with Gasteiger partial charge in [-0.25, -0.2) is 0 Å². The zero-order valence-electron chi connectivity index (χ0n) is 10.0. The van der Waals surface area contributed by atoms with Crippen molar-refractivity contribution in [3.63, 3.8) is 0 Å². The fourth-order valence-electron chi connectivity index (χ4n) is 1.64. The molecule has 0 bridgehead atoms. The van der Waals surface area contributed by atoms with Crippen LogP contribution >= 0.6 is 0 Å². The number of nitrogens with zero attached hydrogens (tertiary/aromatic N) is 1. The Labute approximate surface area is 92.1 Å². The van der Waals surface area contributed by atoms with E-state index in [1.807, 2.05) is 6.92 Å². The van der Waals surface area contributed by atoms with Gasteiger partial charge in [0.15, 0.2) is 0 Å². The number of carbonyl (C=O) groups is 1. The second kappa shape index (κ2) is 5.51. The van der Waals surface area contributed by atoms with Crippen molar-refractivity contribution in [2.24, 2.45) is 0 Å². The molecule has 0 aromatic carbocycles. The lowest BCUT2D eigenvalue weighted by Crippen LogP contribution is -2.38. The van der Waals surface area contributed by atoms with Gasteiger partial charge in [0, 0.05) is 14.1 Å². The van der Waals surface area contributed by atoms with Gasteiger partial charge in [0.1, 0.15) is 6.10 Å². The van der Waals surface area contributed by atoms with Gasteiger partial charge in [0.05, 0.1) is 6.10 Å². The van der Waals surface area contributed by atoms with Crippen LogP contribution in [0.15, 0.2) is 0 Å². The van der Waals surface area contributed by atoms with E-state index in [2.05, 4.69) is 6.92 Å². The molecule has 1 aliphatic rings. The maximum Gasteiger partial charge on any atom is 0.457 e. The molecule has 0 N–H and O–H groups in total. The van der Waals surface area contributed by atoms with Gasteiger partial charge in [-0.15, -0.1) is 0 Å². The summed E-state index contributed by atoms with van der Waals surface area (Å²) in [5, 5.41) is 0. The first-order valence-electron chi connectivity index (χ1n) is 5.58. The van der Waals surface area contributed by atoms with Crippen LogP contribution in [0.4, 0.5) is 0 Å². The number of unbranched alkanes of at least 4 members (excludes halogenated alkanes) is 1. The van der Waals surface area contributed by atoms with Crippen LogP contribution in [0.1, 0.15) is 26.7 Å². The van der Waals surface area contributed by atoms with E-state index in [0.717, 1.165) is 19.2 Å². The monoisotopic (exact) mass is 213 g/mol. The Balaban J connectivity index is 2.45. The summed E-state index contributed by atoms with van der Waals surface area (Å²) in [6.07, 6.45) is 2.49. The summed E-state index contributed by atoms with van der Waals surface area (Å²) >= 11 is 0. The summed E-state index contributed by atoms with van der Waals surface area (Å²) < 4.78 is 11.2. The van der Waals surface area contributed by atoms with E-state index in [4.69, 9.17) is 9.31 Å². The van der Waals surface area contributed by atoms with E-state index in [1.54, 1.807) is 19.0 Å². The molecule has 0 radical (unpaired) electrons. The first-order valence-corrected chi connectivity index (χ1v) is 5.58. The fraction of sp³-hybridized carbons (Fsp3) is 0.900. The van der Waals surface area contributed by atoms with Crippen molar-refractivity contribution >= 4 is 13.0 Å². The molecule has 2 atom stereocenters. The smallest absolute Gasteiger partial charge is 0.405 e. The fourth-order valence-corrected chi connectivity index (χ4v) is 1.64. The highest BCUT2D eigenvalue weighted by Gasteiger charge is 2.41. The minimum absolute atomic E-state index is 0.0125. The first kappa shape index (κ1) is 12.5. The van der Waals surface area contributed by atoms with Gasteiger partial charge in [-0.3, -0.25) is 4.79 Å². The molecule has 1 amide bonds. The van der Waals surface area contributed by atoms with Crippen molar-refractivity contribution in [2.45, 2.75) is 45.2 Å². The Morgan fingerprint density at radius 1 is 1.40 bits per heavy atom. The molecule has 1 aliphatic heterocycles. The Bertz CT molecular complexity index is 223. The minimum atomic E-state index is -0.429. The third kappa shape index (κ3) is 3.21. The largest absolute Gasteiger partial charge is 0.457 e. The number of hydrogen-bond donors (Lipinski definition) is 0. The Hall–Kier alpha value is -0.545. The second-order valence-electron chi connectivity index (χ2n) is 4.20. The van der Waals surface area contributed by atoms with Crippen LogP contribution in [0.5, 0.6) is 0 Å². The Morgan fingerprint density at radius 2 is 2.07 bits per heavy atom. The summed E-state index contributed by atoms with van der Waals surface area (Å²) in [7, 11) is 3.27. The molecule has 0 unspecified atom stereocenters. The lowest BCUT2D eigenvalue weighted by molar-refractivity contribution is -0.136. The van der Waals surface area contributed by atoms with E-state index in [9.17, 15) is 4.79 Å². The van der Waals surface area contributed by atoms with Gasteiger partial charge < -0.3 is 14.2 Å². The Kier molecular flexibility index (Phi) is 4.60. The molecule has 0 saturated carbocycles. The minimum Gasteiger partial charge on any atom is -0.405 e. The van der Waals surface area contributed by atoms with Crippen LogP contribution in [0.25, 0.3) is 0 Å². The van der Waals surface area contributed by atoms with Crippen LogP contribution in [-0.4, -0.2) is 44.2 Å². The van der Waals surface area contributed by atoms with E-state index in [1.165, 1.54) is 0 Å². The highest BCUT2D eigenvalue weighted by atomic mass is 16.7. The summed E-state index contributed by atoms with van der Waals surface area (Å²) in [6, 6.07) is 0. The van der Waals surface area contributed by atoms with Gasteiger partial charge in [-0.2, -0.15) is 0 Å². The van der Waals surface area contributed by atoms with E-state index in [0.29, 0.717) is 0 Å². The van der Waals surface area contributed by atoms with Gasteiger partial charge in [-0.05, 0) is 13.2 Å². The second-order valence-corrected chi connectivity index (χ2v) is 4.20. The number of hydrogen-bond acceptors (Lipinski definition) is 3. The molecule has 0 aromatic heterocycles. The molecule has 5 heteroatoms. The third-order valence-corrected chi connectivity index (χ3v) is 2.57. The third-order valence-electron chi connectivity index (χ3n) is 2.57. The molecule has 4 nitrogen and oxygen atoms in total. The summed E-state index contributed by atoms with van der Waals surface area (Å²) in [6.45, 7) is 4.01. The number of amides is 1. The predicted octanol–water partition coefficient (Wildman–Crippen LogP) is 1.17. The molecule has 0 aromatic rings. The normalized spacial score (nSPS) is 25.7. The predicted molar refractivity (Wildman–Crippen MR) is 59.6 cm³/mol. The number of likely N-dealkylation sites (N-methyl/N-ethyl adjacent to an activating group) is 1. The van der Waals surface area contributed by atoms with Crippen LogP contribution in [0, 0.1) is 0 Å². The van der Waals surface area contributed by atoms with Gasteiger partial charge >= 0.3 is 7.12 Å². The first-order chi connectivity index (χ1) is 7.06. The zero-order chi connectivity index (χ0) is 11.4. The summed E-state index contributed by atoms with van der Waals surface area (Å²) in [4.78, 5) is 13.2. The average Bonchev–Trinajstić information content (AvgIpc) is 2.55. The van der Waals surface area contributed by atoms with Crippen molar-refractivity contribution in [1.29, 1.82) is 0 Å². The summed E-state index contributed by atoms with van der Waals surface area (Å²) in [5.74, 6) is -0.0125. The van der Waals surface area contributed by atoms with Gasteiger partial charge in [-0.1, -0.05) is 19.8 Å². The van der Waals surface area contributed by atoms with E-state index >= 15 is 0 Å². The standard InChI is InChI=1S/C10H20BNO3/c1-5-6-7-11-14-8(2)9(15-11)10(13)12(3)4/h8-9H,5-7H2,1-4H3/t8-,9+/m0/s1. The highest BCUT2D eigenvalue weighted by Crippen LogP contribution is 2.21. The van der Waals surface area contributed by atoms with Gasteiger partial charge in [0.2, 0.25) is 0 Å². The maximum atomic E-state index is 11.7. The average molecular weight is 213 g/mol. The lowest BCUT2D eigenvalue weighted by Gasteiger charge is -2.18. The van der Waals surface area contributed by atoms with Crippen molar-refractivity contribution in [3.8, 4) is 0 Å². The zero-order valence-corrected chi connectivity index (χ0v) is 10.0. The number of carbonyl (C=O) groups excluding carboxylic acids is 1. The van der Waals surface area contributed by atoms with Crippen LogP contribution in [0.2, 0.25) is 6.32 Å². The molecule has 86 valence electrons. The lowest BCUT2D eigenvalue weighted by atomic mass is 9.83. The van der Waals surface area contributed by atoms with Crippen LogP contribution in [0.3, 0.4) is 0 Å². The quantitative estimate of drug-likeness (QED) is 0.658. The van der Waals surface area contributed by atoms with Crippen LogP contribution in [-0.2, 0) is 14.1 Å². The maximum absolute atomic E-state index is 11.7. The summed E-state index contributed by atoms with van der Waals surface area (Å²) in [5.41, 5.74) is 0. The molecule has 1 heterocycles. The number of rotatable bonds is 4. The SMILES string of the molecule is CCCCB1O[C@@H](C)[C@H](C(=O)N(C)C)O1. The van der Waals surface area contributed by atoms with Crippen molar-refractivity contribution < 1.29 is 14.1 Å². The molecule has 15 heavy (non-hydrogen) atoms. The highest BCUT2D eigenvalue weighted by molar-refractivity contribution is 6.45. The van der Waals surface area contributed by atoms with E-state index in [-0.39, 0.29) is 19.1 Å². The van der Waals surface area contributed by atoms with Crippen LogP contribution < -0.4 is 0 Å². The molecule has 1 saturated heterocycles. The molecule has 0 aliphatic carbocycles. The van der Waals surface area contributed by atoms with Crippen molar-refractivity contribution in [2.75, 3.05) is 14.1 Å². The molecule has 1 rings (SSSR count). The van der Waals surface area contributed by atoms with Crippen molar-refractivity contribution in [1.82, 2.24) is 4.90 Å². The van der Waals surface area contributed by atoms with E-state index < -0.39 is 6.10 Å². The Morgan fingerprint density at radius 3 is 2.60 bits per heavy atom. The van der Waals surface area contributed by atoms with Gasteiger partial charge in [0.25, 0.3) is 5.91 Å². The van der Waals surface area contributed by atoms with Crippen molar-refractivity contribution in [3.05, 3.63) is 0 Å². The molecule has 0 spiro atoms. The molecule has 1 fully saturated rings. The molecular formula is C10H20BNO3. The topological polar surface area (TPSA) is 38.8 Å².